The van der Waals surface area contributed by atoms with Crippen molar-refractivity contribution in [3.05, 3.63) is 76.9 Å². The van der Waals surface area contributed by atoms with Gasteiger partial charge in [-0.1, -0.05) is 55.7 Å². The lowest BCUT2D eigenvalue weighted by Crippen LogP contribution is -2.43. The summed E-state index contributed by atoms with van der Waals surface area (Å²) in [5.74, 6) is 0.197. The number of hydrogen-bond acceptors (Lipinski definition) is 9. The molecule has 0 unspecified atom stereocenters. The molecule has 0 bridgehead atoms. The monoisotopic (exact) mass is 672 g/mol. The van der Waals surface area contributed by atoms with Crippen LogP contribution in [0.1, 0.15) is 98.8 Å². The number of aliphatic hydroxyl groups is 1. The summed E-state index contributed by atoms with van der Waals surface area (Å²) in [6.07, 6.45) is 8.88. The normalized spacial score (nSPS) is 21.4. The molecule has 1 saturated heterocycles. The average molecular weight is 673 g/mol. The first kappa shape index (κ1) is 35.1. The van der Waals surface area contributed by atoms with Gasteiger partial charge < -0.3 is 35.2 Å². The number of fused-ring (bicyclic) bond motifs is 1. The number of benzene rings is 3. The number of phenols is 3. The molecule has 3 aromatic rings. The minimum atomic E-state index is -0.886. The number of phenolic OH excluding ortho intramolecular Hbond substituents is 3. The fourth-order valence-corrected chi connectivity index (χ4v) is 8.93. The Morgan fingerprint density at radius 2 is 1.71 bits per heavy atom. The minimum absolute atomic E-state index is 0.00633. The number of nitrogens with two attached hydrogens (primary N) is 1. The van der Waals surface area contributed by atoms with E-state index in [1.54, 1.807) is 18.2 Å². The lowest BCUT2D eigenvalue weighted by Gasteiger charge is -2.50. The van der Waals surface area contributed by atoms with E-state index >= 15 is 0 Å². The molecule has 0 spiro atoms. The van der Waals surface area contributed by atoms with E-state index in [-0.39, 0.29) is 71.7 Å². The highest BCUT2D eigenvalue weighted by Crippen LogP contribution is 2.58. The van der Waals surface area contributed by atoms with Gasteiger partial charge in [0.25, 0.3) is 0 Å². The molecule has 2 aliphatic carbocycles. The lowest BCUT2D eigenvalue weighted by molar-refractivity contribution is -0.121. The van der Waals surface area contributed by atoms with Crippen LogP contribution in [-0.2, 0) is 23.1 Å². The number of rotatable bonds is 13. The summed E-state index contributed by atoms with van der Waals surface area (Å²) in [5, 5.41) is 47.2. The largest absolute Gasteiger partial charge is 0.504 e. The first-order valence-corrected chi connectivity index (χ1v) is 18.1. The van der Waals surface area contributed by atoms with Gasteiger partial charge in [-0.3, -0.25) is 10.5 Å². The van der Waals surface area contributed by atoms with E-state index in [2.05, 4.69) is 35.6 Å². The molecule has 264 valence electrons. The van der Waals surface area contributed by atoms with Crippen molar-refractivity contribution >= 4 is 5.78 Å². The van der Waals surface area contributed by atoms with Crippen LogP contribution in [0.3, 0.4) is 0 Å². The smallest absolute Gasteiger partial charge is 0.200 e. The minimum Gasteiger partial charge on any atom is -0.504 e. The van der Waals surface area contributed by atoms with Gasteiger partial charge in [0.05, 0.1) is 6.10 Å². The van der Waals surface area contributed by atoms with Gasteiger partial charge in [0.1, 0.15) is 18.6 Å². The second kappa shape index (κ2) is 15.8. The van der Waals surface area contributed by atoms with Gasteiger partial charge in [-0.2, -0.15) is 0 Å². The Balaban J connectivity index is 1.29. The predicted molar refractivity (Wildman–Crippen MR) is 188 cm³/mol. The summed E-state index contributed by atoms with van der Waals surface area (Å²) in [4.78, 5) is 13.3. The Morgan fingerprint density at radius 3 is 2.45 bits per heavy atom. The van der Waals surface area contributed by atoms with Crippen LogP contribution in [0.15, 0.2) is 54.6 Å². The highest BCUT2D eigenvalue weighted by molar-refractivity contribution is 5.79. The topological polar surface area (TPSA) is 154 Å². The number of Topliss-reactive ketones (excluding diaryl/α,β-unsaturated/α-hetero) is 1. The number of aromatic hydroxyl groups is 3. The van der Waals surface area contributed by atoms with Gasteiger partial charge in [0.15, 0.2) is 23.0 Å². The van der Waals surface area contributed by atoms with Crippen molar-refractivity contribution in [3.8, 4) is 28.7 Å². The Hall–Kier alpha value is -3.79. The molecule has 9 nitrogen and oxygen atoms in total. The maximum atomic E-state index is 13.3. The van der Waals surface area contributed by atoms with Crippen LogP contribution in [-0.4, -0.2) is 58.2 Å². The fourth-order valence-electron chi connectivity index (χ4n) is 8.93. The number of piperidine rings is 1. The van der Waals surface area contributed by atoms with Crippen LogP contribution in [0.4, 0.5) is 0 Å². The van der Waals surface area contributed by atoms with Crippen molar-refractivity contribution in [2.75, 3.05) is 19.8 Å². The zero-order chi connectivity index (χ0) is 34.4. The molecular formula is C40H52N2O7. The van der Waals surface area contributed by atoms with Gasteiger partial charge in [-0.15, -0.1) is 0 Å². The van der Waals surface area contributed by atoms with E-state index in [9.17, 15) is 25.2 Å². The molecule has 1 aliphatic heterocycles. The molecule has 6 rings (SSSR count). The van der Waals surface area contributed by atoms with E-state index < -0.39 is 6.10 Å². The quantitative estimate of drug-likeness (QED) is 0.0931. The second-order valence-corrected chi connectivity index (χ2v) is 14.3. The summed E-state index contributed by atoms with van der Waals surface area (Å²) in [6, 6.07) is 17.4. The van der Waals surface area contributed by atoms with Crippen molar-refractivity contribution < 1.29 is 34.7 Å². The van der Waals surface area contributed by atoms with Crippen molar-refractivity contribution in [1.82, 2.24) is 5.32 Å². The maximum absolute atomic E-state index is 13.3. The number of aryl methyl sites for hydroxylation is 1. The molecule has 3 aliphatic rings. The standard InChI is InChI=1S/C40H52N2O7/c41-25-48-37-21-26(10-14-35(37)45)9-11-28(43)22-29(44)23-33-32-24-36(46)38(47)39(49-30-15-19-42-20-16-30)31(32)12-13-34(33)40(17-5-2-6-18-40)27-7-3-1-4-8-27/h1,3-4,7-8,10,14,21,24,29-30,33-34,42,44-47H,2,5-6,9,11-13,15-20,22-23,25,41H2/t29-,33-,34+/m0/s1. The number of nitrogens with one attached hydrogen (secondary N) is 1. The third-order valence-corrected chi connectivity index (χ3v) is 11.3. The van der Waals surface area contributed by atoms with Crippen LogP contribution in [0.25, 0.3) is 0 Å². The third kappa shape index (κ3) is 7.84. The molecule has 1 saturated carbocycles. The molecule has 0 radical (unpaired) electrons. The molecule has 9 heteroatoms. The maximum Gasteiger partial charge on any atom is 0.200 e. The van der Waals surface area contributed by atoms with Crippen LogP contribution in [0, 0.1) is 5.92 Å². The number of aliphatic hydroxyl groups excluding tert-OH is 1. The molecule has 0 aromatic heterocycles. The van der Waals surface area contributed by atoms with Crippen LogP contribution < -0.4 is 20.5 Å². The Morgan fingerprint density at radius 1 is 0.959 bits per heavy atom. The van der Waals surface area contributed by atoms with Gasteiger partial charge in [-0.25, -0.2) is 0 Å². The fraction of sp³-hybridized carbons (Fsp3) is 0.525. The van der Waals surface area contributed by atoms with E-state index in [1.807, 2.05) is 0 Å². The highest BCUT2D eigenvalue weighted by Gasteiger charge is 2.48. The molecule has 0 amide bonds. The van der Waals surface area contributed by atoms with E-state index in [4.69, 9.17) is 15.2 Å². The number of ketones is 1. The highest BCUT2D eigenvalue weighted by atomic mass is 16.5. The first-order chi connectivity index (χ1) is 23.8. The van der Waals surface area contributed by atoms with Gasteiger partial charge in [0, 0.05) is 18.4 Å². The SMILES string of the molecule is NCOc1cc(CCC(=O)C[C@H](O)C[C@H]2c3cc(O)c(O)c(OC4CCNCC4)c3CC[C@H]2C2(c3ccccc3)CCCCC2)ccc1O. The zero-order valence-corrected chi connectivity index (χ0v) is 28.4. The lowest BCUT2D eigenvalue weighted by atomic mass is 9.54. The summed E-state index contributed by atoms with van der Waals surface area (Å²) >= 11 is 0. The molecule has 49 heavy (non-hydrogen) atoms. The van der Waals surface area contributed by atoms with Gasteiger partial charge in [0.2, 0.25) is 5.75 Å². The molecular weight excluding hydrogens is 620 g/mol. The van der Waals surface area contributed by atoms with Crippen molar-refractivity contribution in [2.24, 2.45) is 11.7 Å². The summed E-state index contributed by atoms with van der Waals surface area (Å²) in [6.45, 7) is 1.61. The van der Waals surface area contributed by atoms with Gasteiger partial charge >= 0.3 is 0 Å². The Labute approximate surface area is 289 Å². The zero-order valence-electron chi connectivity index (χ0n) is 28.4. The second-order valence-electron chi connectivity index (χ2n) is 14.3. The third-order valence-electron chi connectivity index (χ3n) is 11.3. The van der Waals surface area contributed by atoms with Crippen LogP contribution >= 0.6 is 0 Å². The van der Waals surface area contributed by atoms with Crippen molar-refractivity contribution in [1.29, 1.82) is 0 Å². The number of carbonyl (C=O) groups is 1. The molecule has 7 N–H and O–H groups in total. The molecule has 3 atom stereocenters. The average Bonchev–Trinajstić information content (AvgIpc) is 3.12. The predicted octanol–water partition coefficient (Wildman–Crippen LogP) is 6.12. The number of hydrogen-bond donors (Lipinski definition) is 6. The van der Waals surface area contributed by atoms with Crippen LogP contribution in [0.5, 0.6) is 28.7 Å². The Bertz CT molecular complexity index is 1570. The van der Waals surface area contributed by atoms with Crippen molar-refractivity contribution in [2.45, 2.75) is 107 Å². The first-order valence-electron chi connectivity index (χ1n) is 18.1. The number of ether oxygens (including phenoxy) is 2. The Kier molecular flexibility index (Phi) is 11.3. The molecule has 1 heterocycles. The summed E-state index contributed by atoms with van der Waals surface area (Å²) in [7, 11) is 0. The number of carbonyl (C=O) groups excluding carboxylic acids is 1. The summed E-state index contributed by atoms with van der Waals surface area (Å²) < 4.78 is 11.8. The van der Waals surface area contributed by atoms with E-state index in [0.29, 0.717) is 25.0 Å². The van der Waals surface area contributed by atoms with E-state index in [0.717, 1.165) is 74.7 Å². The molecule has 2 fully saturated rings. The van der Waals surface area contributed by atoms with Crippen molar-refractivity contribution in [3.63, 3.8) is 0 Å². The van der Waals surface area contributed by atoms with Gasteiger partial charge in [-0.05, 0) is 117 Å². The van der Waals surface area contributed by atoms with Crippen LogP contribution in [0.2, 0.25) is 0 Å². The summed E-state index contributed by atoms with van der Waals surface area (Å²) in [5.41, 5.74) is 9.36. The van der Waals surface area contributed by atoms with E-state index in [1.165, 1.54) is 18.1 Å². The molecule has 3 aromatic carbocycles.